The van der Waals surface area contributed by atoms with E-state index in [-0.39, 0.29) is 11.8 Å². The summed E-state index contributed by atoms with van der Waals surface area (Å²) in [7, 11) is 1.64. The molecule has 0 aliphatic carbocycles. The first-order chi connectivity index (χ1) is 13.6. The van der Waals surface area contributed by atoms with Gasteiger partial charge in [0.25, 0.3) is 5.91 Å². The molecule has 1 aromatic carbocycles. The van der Waals surface area contributed by atoms with Gasteiger partial charge in [-0.15, -0.1) is 11.3 Å². The van der Waals surface area contributed by atoms with E-state index in [0.29, 0.717) is 24.8 Å². The molecule has 0 unspecified atom stereocenters. The van der Waals surface area contributed by atoms with E-state index in [1.54, 1.807) is 18.4 Å². The molecule has 4 rings (SSSR count). The molecular weight excluding hydrogens is 374 g/mol. The molecule has 146 valence electrons. The van der Waals surface area contributed by atoms with Gasteiger partial charge in [0.2, 0.25) is 11.7 Å². The number of aromatic nitrogens is 2. The number of methoxy groups -OCH3 is 1. The SMILES string of the molecule is COc1ccc(-c2noc(C3CCN(C(=O)c4csc(C)c4C)CC3)n2)cc1. The number of hydrogen-bond donors (Lipinski definition) is 0. The summed E-state index contributed by atoms with van der Waals surface area (Å²) >= 11 is 1.64. The smallest absolute Gasteiger partial charge is 0.254 e. The number of hydrogen-bond acceptors (Lipinski definition) is 6. The summed E-state index contributed by atoms with van der Waals surface area (Å²) in [5.74, 6) is 2.35. The minimum absolute atomic E-state index is 0.129. The topological polar surface area (TPSA) is 68.5 Å². The van der Waals surface area contributed by atoms with Crippen molar-refractivity contribution in [1.29, 1.82) is 0 Å². The molecule has 1 fully saturated rings. The van der Waals surface area contributed by atoms with Gasteiger partial charge in [0.05, 0.1) is 12.7 Å². The fourth-order valence-corrected chi connectivity index (χ4v) is 4.34. The van der Waals surface area contributed by atoms with Gasteiger partial charge in [-0.25, -0.2) is 0 Å². The molecule has 0 radical (unpaired) electrons. The third-order valence-electron chi connectivity index (χ3n) is 5.44. The number of carbonyl (C=O) groups is 1. The van der Waals surface area contributed by atoms with Gasteiger partial charge in [0, 0.05) is 34.8 Å². The number of amides is 1. The molecular formula is C21H23N3O3S. The molecule has 3 aromatic rings. The van der Waals surface area contributed by atoms with Gasteiger partial charge in [0.1, 0.15) is 5.75 Å². The summed E-state index contributed by atoms with van der Waals surface area (Å²) in [6.07, 6.45) is 1.66. The zero-order valence-electron chi connectivity index (χ0n) is 16.3. The van der Waals surface area contributed by atoms with E-state index in [4.69, 9.17) is 9.26 Å². The summed E-state index contributed by atoms with van der Waals surface area (Å²) in [6.45, 7) is 5.49. The zero-order valence-corrected chi connectivity index (χ0v) is 17.1. The number of thiophene rings is 1. The van der Waals surface area contributed by atoms with Crippen molar-refractivity contribution in [2.24, 2.45) is 0 Å². The second-order valence-electron chi connectivity index (χ2n) is 7.08. The van der Waals surface area contributed by atoms with Crippen LogP contribution in [0.1, 0.15) is 45.4 Å². The number of aryl methyl sites for hydroxylation is 1. The lowest BCUT2D eigenvalue weighted by atomic mass is 9.96. The van der Waals surface area contributed by atoms with Gasteiger partial charge in [-0.2, -0.15) is 4.98 Å². The van der Waals surface area contributed by atoms with E-state index < -0.39 is 0 Å². The molecule has 7 heteroatoms. The number of piperidine rings is 1. The van der Waals surface area contributed by atoms with Crippen molar-refractivity contribution in [2.75, 3.05) is 20.2 Å². The van der Waals surface area contributed by atoms with Crippen LogP contribution in [0, 0.1) is 13.8 Å². The summed E-state index contributed by atoms with van der Waals surface area (Å²) in [5, 5.41) is 6.10. The number of carbonyl (C=O) groups excluding carboxylic acids is 1. The lowest BCUT2D eigenvalue weighted by Crippen LogP contribution is -2.38. The maximum Gasteiger partial charge on any atom is 0.254 e. The maximum absolute atomic E-state index is 12.8. The van der Waals surface area contributed by atoms with Crippen LogP contribution in [0.5, 0.6) is 5.75 Å². The number of ether oxygens (including phenoxy) is 1. The normalized spacial score (nSPS) is 15.0. The van der Waals surface area contributed by atoms with Gasteiger partial charge < -0.3 is 14.2 Å². The Bertz CT molecular complexity index is 969. The molecule has 1 aliphatic heterocycles. The largest absolute Gasteiger partial charge is 0.497 e. The highest BCUT2D eigenvalue weighted by Crippen LogP contribution is 2.30. The summed E-state index contributed by atoms with van der Waals surface area (Å²) in [5.41, 5.74) is 2.82. The molecule has 6 nitrogen and oxygen atoms in total. The van der Waals surface area contributed by atoms with Crippen LogP contribution in [0.3, 0.4) is 0 Å². The highest BCUT2D eigenvalue weighted by Gasteiger charge is 2.29. The molecule has 0 N–H and O–H groups in total. The van der Waals surface area contributed by atoms with Crippen LogP contribution in [0.25, 0.3) is 11.4 Å². The van der Waals surface area contributed by atoms with E-state index in [1.165, 1.54) is 4.88 Å². The van der Waals surface area contributed by atoms with Gasteiger partial charge >= 0.3 is 0 Å². The number of rotatable bonds is 4. The van der Waals surface area contributed by atoms with Crippen molar-refractivity contribution in [3.63, 3.8) is 0 Å². The molecule has 2 aromatic heterocycles. The minimum atomic E-state index is 0.129. The number of likely N-dealkylation sites (tertiary alicyclic amines) is 1. The van der Waals surface area contributed by atoms with Gasteiger partial charge in [0.15, 0.2) is 0 Å². The predicted octanol–water partition coefficient (Wildman–Crippen LogP) is 4.44. The lowest BCUT2D eigenvalue weighted by Gasteiger charge is -2.30. The van der Waals surface area contributed by atoms with E-state index in [2.05, 4.69) is 17.1 Å². The molecule has 28 heavy (non-hydrogen) atoms. The Morgan fingerprint density at radius 2 is 1.93 bits per heavy atom. The van der Waals surface area contributed by atoms with Crippen LogP contribution in [-0.4, -0.2) is 41.1 Å². The summed E-state index contributed by atoms with van der Waals surface area (Å²) < 4.78 is 10.7. The van der Waals surface area contributed by atoms with Crippen LogP contribution in [0.2, 0.25) is 0 Å². The summed E-state index contributed by atoms with van der Waals surface area (Å²) in [6, 6.07) is 7.59. The average molecular weight is 398 g/mol. The van der Waals surface area contributed by atoms with Crippen LogP contribution >= 0.6 is 11.3 Å². The Morgan fingerprint density at radius 3 is 2.54 bits per heavy atom. The first-order valence-electron chi connectivity index (χ1n) is 9.39. The Kier molecular flexibility index (Phi) is 5.17. The van der Waals surface area contributed by atoms with Crippen LogP contribution < -0.4 is 4.74 Å². The lowest BCUT2D eigenvalue weighted by molar-refractivity contribution is 0.0704. The van der Waals surface area contributed by atoms with Crippen molar-refractivity contribution >= 4 is 17.2 Å². The second kappa shape index (κ2) is 7.75. The highest BCUT2D eigenvalue weighted by molar-refractivity contribution is 7.10. The Labute approximate surface area is 168 Å². The summed E-state index contributed by atoms with van der Waals surface area (Å²) in [4.78, 5) is 20.5. The average Bonchev–Trinajstić information content (AvgIpc) is 3.35. The molecule has 0 saturated carbocycles. The second-order valence-corrected chi connectivity index (χ2v) is 8.17. The third kappa shape index (κ3) is 3.54. The molecule has 1 amide bonds. The van der Waals surface area contributed by atoms with Crippen LogP contribution in [-0.2, 0) is 0 Å². The third-order valence-corrected chi connectivity index (χ3v) is 6.45. The molecule has 1 saturated heterocycles. The maximum atomic E-state index is 12.8. The van der Waals surface area contributed by atoms with Crippen molar-refractivity contribution in [1.82, 2.24) is 15.0 Å². The number of benzene rings is 1. The van der Waals surface area contributed by atoms with Crippen LogP contribution in [0.15, 0.2) is 34.2 Å². The van der Waals surface area contributed by atoms with E-state index in [0.717, 1.165) is 35.3 Å². The quantitative estimate of drug-likeness (QED) is 0.651. The highest BCUT2D eigenvalue weighted by atomic mass is 32.1. The van der Waals surface area contributed by atoms with E-state index in [9.17, 15) is 4.79 Å². The van der Waals surface area contributed by atoms with Gasteiger partial charge in [-0.05, 0) is 56.5 Å². The standard InChI is InChI=1S/C21H23N3O3S/c1-13-14(2)28-12-18(13)21(25)24-10-8-16(9-11-24)20-22-19(23-27-20)15-4-6-17(26-3)7-5-15/h4-7,12,16H,8-11H2,1-3H3. The van der Waals surface area contributed by atoms with Crippen molar-refractivity contribution in [3.8, 4) is 17.1 Å². The Balaban J connectivity index is 1.40. The van der Waals surface area contributed by atoms with E-state index >= 15 is 0 Å². The monoisotopic (exact) mass is 397 g/mol. The van der Waals surface area contributed by atoms with Gasteiger partial charge in [-0.1, -0.05) is 5.16 Å². The fraction of sp³-hybridized carbons (Fsp3) is 0.381. The van der Waals surface area contributed by atoms with Crippen molar-refractivity contribution in [2.45, 2.75) is 32.6 Å². The number of nitrogens with zero attached hydrogens (tertiary/aromatic N) is 3. The molecule has 0 spiro atoms. The minimum Gasteiger partial charge on any atom is -0.497 e. The molecule has 0 bridgehead atoms. The van der Waals surface area contributed by atoms with E-state index in [1.807, 2.05) is 41.5 Å². The Hall–Kier alpha value is -2.67. The zero-order chi connectivity index (χ0) is 19.7. The first-order valence-corrected chi connectivity index (χ1v) is 10.3. The Morgan fingerprint density at radius 1 is 1.21 bits per heavy atom. The molecule has 1 aliphatic rings. The van der Waals surface area contributed by atoms with Crippen molar-refractivity contribution in [3.05, 3.63) is 51.5 Å². The molecule has 3 heterocycles. The van der Waals surface area contributed by atoms with Crippen molar-refractivity contribution < 1.29 is 14.1 Å². The fourth-order valence-electron chi connectivity index (χ4n) is 3.48. The molecule has 0 atom stereocenters. The van der Waals surface area contributed by atoms with Gasteiger partial charge in [-0.3, -0.25) is 4.79 Å². The first kappa shape index (κ1) is 18.7. The predicted molar refractivity (Wildman–Crippen MR) is 108 cm³/mol. The van der Waals surface area contributed by atoms with Crippen LogP contribution in [0.4, 0.5) is 0 Å².